The lowest BCUT2D eigenvalue weighted by atomic mass is 10.3. The summed E-state index contributed by atoms with van der Waals surface area (Å²) in [4.78, 5) is 14.1. The topological polar surface area (TPSA) is 62.8 Å². The predicted molar refractivity (Wildman–Crippen MR) is 86.5 cm³/mol. The summed E-state index contributed by atoms with van der Waals surface area (Å²) in [5, 5.41) is 5.67. The quantitative estimate of drug-likeness (QED) is 0.843. The molecule has 1 aromatic carbocycles. The standard InChI is InChI=1S/C16H25N3O3/c1-13(2)22-15-5-3-14(4-6-15)18-16(20)17-7-8-19-9-11-21-12-10-19/h3-6,13H,7-12H2,1-2H3,(H2,17,18,20). The van der Waals surface area contributed by atoms with E-state index in [0.29, 0.717) is 6.54 Å². The molecule has 1 aliphatic heterocycles. The van der Waals surface area contributed by atoms with Crippen molar-refractivity contribution in [3.05, 3.63) is 24.3 Å². The minimum Gasteiger partial charge on any atom is -0.491 e. The molecule has 0 atom stereocenters. The number of anilines is 1. The van der Waals surface area contributed by atoms with E-state index in [-0.39, 0.29) is 12.1 Å². The van der Waals surface area contributed by atoms with E-state index in [0.717, 1.165) is 44.3 Å². The van der Waals surface area contributed by atoms with Gasteiger partial charge in [-0.2, -0.15) is 0 Å². The Balaban J connectivity index is 1.67. The van der Waals surface area contributed by atoms with Gasteiger partial charge in [-0.15, -0.1) is 0 Å². The first-order chi connectivity index (χ1) is 10.6. The summed E-state index contributed by atoms with van der Waals surface area (Å²) in [6.07, 6.45) is 0.141. The molecule has 1 saturated heterocycles. The van der Waals surface area contributed by atoms with Gasteiger partial charge in [0.25, 0.3) is 0 Å². The number of carbonyl (C=O) groups is 1. The third-order valence-electron chi connectivity index (χ3n) is 3.30. The summed E-state index contributed by atoms with van der Waals surface area (Å²) in [6.45, 7) is 8.84. The number of morpholine rings is 1. The number of hydrogen-bond acceptors (Lipinski definition) is 4. The van der Waals surface area contributed by atoms with Crippen molar-refractivity contribution in [2.75, 3.05) is 44.7 Å². The Bertz CT molecular complexity index is 456. The lowest BCUT2D eigenvalue weighted by Gasteiger charge is -2.26. The highest BCUT2D eigenvalue weighted by Crippen LogP contribution is 2.16. The fraction of sp³-hybridized carbons (Fsp3) is 0.562. The van der Waals surface area contributed by atoms with E-state index in [1.807, 2.05) is 38.1 Å². The van der Waals surface area contributed by atoms with Crippen molar-refractivity contribution < 1.29 is 14.3 Å². The van der Waals surface area contributed by atoms with E-state index < -0.39 is 0 Å². The summed E-state index contributed by atoms with van der Waals surface area (Å²) >= 11 is 0. The van der Waals surface area contributed by atoms with Gasteiger partial charge in [-0.05, 0) is 38.1 Å². The van der Waals surface area contributed by atoms with Crippen molar-refractivity contribution >= 4 is 11.7 Å². The zero-order valence-electron chi connectivity index (χ0n) is 13.3. The van der Waals surface area contributed by atoms with Crippen molar-refractivity contribution in [3.63, 3.8) is 0 Å². The largest absolute Gasteiger partial charge is 0.491 e. The molecule has 2 amide bonds. The van der Waals surface area contributed by atoms with E-state index >= 15 is 0 Å². The number of nitrogens with one attached hydrogen (secondary N) is 2. The number of rotatable bonds is 6. The summed E-state index contributed by atoms with van der Waals surface area (Å²) in [5.74, 6) is 0.799. The van der Waals surface area contributed by atoms with Gasteiger partial charge in [-0.25, -0.2) is 4.79 Å². The maximum atomic E-state index is 11.8. The molecule has 2 N–H and O–H groups in total. The van der Waals surface area contributed by atoms with Gasteiger partial charge in [-0.1, -0.05) is 0 Å². The highest BCUT2D eigenvalue weighted by Gasteiger charge is 2.10. The zero-order chi connectivity index (χ0) is 15.8. The first-order valence-corrected chi connectivity index (χ1v) is 7.75. The molecular formula is C16H25N3O3. The van der Waals surface area contributed by atoms with Crippen LogP contribution in [0.3, 0.4) is 0 Å². The average Bonchev–Trinajstić information content (AvgIpc) is 2.50. The Labute approximate surface area is 131 Å². The third kappa shape index (κ3) is 5.91. The van der Waals surface area contributed by atoms with Gasteiger partial charge in [0.1, 0.15) is 5.75 Å². The van der Waals surface area contributed by atoms with Crippen LogP contribution in [0.5, 0.6) is 5.75 Å². The molecule has 2 rings (SSSR count). The molecule has 0 saturated carbocycles. The lowest BCUT2D eigenvalue weighted by Crippen LogP contribution is -2.42. The minimum atomic E-state index is -0.189. The summed E-state index contributed by atoms with van der Waals surface area (Å²) in [7, 11) is 0. The fourth-order valence-corrected chi connectivity index (χ4v) is 2.22. The second-order valence-electron chi connectivity index (χ2n) is 5.53. The maximum Gasteiger partial charge on any atom is 0.319 e. The number of amides is 2. The summed E-state index contributed by atoms with van der Waals surface area (Å²) < 4.78 is 10.9. The van der Waals surface area contributed by atoms with E-state index in [9.17, 15) is 4.79 Å². The van der Waals surface area contributed by atoms with E-state index in [1.165, 1.54) is 0 Å². The van der Waals surface area contributed by atoms with Crippen LogP contribution in [0.25, 0.3) is 0 Å². The molecule has 1 aromatic rings. The second kappa shape index (κ2) is 8.60. The van der Waals surface area contributed by atoms with Crippen LogP contribution >= 0.6 is 0 Å². The number of urea groups is 1. The van der Waals surface area contributed by atoms with Gasteiger partial charge >= 0.3 is 6.03 Å². The Hall–Kier alpha value is -1.79. The fourth-order valence-electron chi connectivity index (χ4n) is 2.22. The zero-order valence-corrected chi connectivity index (χ0v) is 13.3. The van der Waals surface area contributed by atoms with Gasteiger partial charge in [0.15, 0.2) is 0 Å². The molecule has 122 valence electrons. The second-order valence-corrected chi connectivity index (χ2v) is 5.53. The van der Waals surface area contributed by atoms with Crippen LogP contribution in [0.4, 0.5) is 10.5 Å². The van der Waals surface area contributed by atoms with Crippen LogP contribution in [0.15, 0.2) is 24.3 Å². The monoisotopic (exact) mass is 307 g/mol. The third-order valence-corrected chi connectivity index (χ3v) is 3.30. The highest BCUT2D eigenvalue weighted by molar-refractivity contribution is 5.89. The van der Waals surface area contributed by atoms with E-state index in [2.05, 4.69) is 15.5 Å². The van der Waals surface area contributed by atoms with Crippen LogP contribution in [-0.2, 0) is 4.74 Å². The van der Waals surface area contributed by atoms with Crippen LogP contribution in [0, 0.1) is 0 Å². The maximum absolute atomic E-state index is 11.8. The molecule has 1 aliphatic rings. The van der Waals surface area contributed by atoms with Crippen molar-refractivity contribution in [1.29, 1.82) is 0 Å². The Morgan fingerprint density at radius 3 is 2.59 bits per heavy atom. The molecule has 0 aromatic heterocycles. The van der Waals surface area contributed by atoms with Crippen LogP contribution in [0.1, 0.15) is 13.8 Å². The van der Waals surface area contributed by atoms with E-state index in [1.54, 1.807) is 0 Å². The molecule has 0 bridgehead atoms. The Morgan fingerprint density at radius 1 is 1.27 bits per heavy atom. The van der Waals surface area contributed by atoms with Crippen molar-refractivity contribution in [2.45, 2.75) is 20.0 Å². The first-order valence-electron chi connectivity index (χ1n) is 7.75. The number of ether oxygens (including phenoxy) is 2. The van der Waals surface area contributed by atoms with Crippen molar-refractivity contribution in [2.24, 2.45) is 0 Å². The van der Waals surface area contributed by atoms with Crippen molar-refractivity contribution in [1.82, 2.24) is 10.2 Å². The molecule has 6 nitrogen and oxygen atoms in total. The van der Waals surface area contributed by atoms with Gasteiger partial charge in [0.2, 0.25) is 0 Å². The summed E-state index contributed by atoms with van der Waals surface area (Å²) in [6, 6.07) is 7.18. The molecule has 0 aliphatic carbocycles. The smallest absolute Gasteiger partial charge is 0.319 e. The molecule has 0 unspecified atom stereocenters. The number of hydrogen-bond donors (Lipinski definition) is 2. The molecular weight excluding hydrogens is 282 g/mol. The Kier molecular flexibility index (Phi) is 6.48. The van der Waals surface area contributed by atoms with Crippen LogP contribution in [-0.4, -0.2) is 56.4 Å². The molecule has 22 heavy (non-hydrogen) atoms. The highest BCUT2D eigenvalue weighted by atomic mass is 16.5. The van der Waals surface area contributed by atoms with Crippen LogP contribution in [0.2, 0.25) is 0 Å². The molecule has 1 fully saturated rings. The normalized spacial score (nSPS) is 15.6. The minimum absolute atomic E-state index is 0.141. The SMILES string of the molecule is CC(C)Oc1ccc(NC(=O)NCCN2CCOCC2)cc1. The first kappa shape index (κ1) is 16.6. The number of carbonyl (C=O) groups excluding carboxylic acids is 1. The lowest BCUT2D eigenvalue weighted by molar-refractivity contribution is 0.0388. The summed E-state index contributed by atoms with van der Waals surface area (Å²) in [5.41, 5.74) is 0.750. The van der Waals surface area contributed by atoms with Gasteiger partial charge < -0.3 is 20.1 Å². The van der Waals surface area contributed by atoms with Gasteiger partial charge in [-0.3, -0.25) is 4.90 Å². The van der Waals surface area contributed by atoms with Gasteiger partial charge in [0, 0.05) is 31.9 Å². The number of benzene rings is 1. The molecule has 1 heterocycles. The van der Waals surface area contributed by atoms with Crippen molar-refractivity contribution in [3.8, 4) is 5.75 Å². The molecule has 0 spiro atoms. The predicted octanol–water partition coefficient (Wildman–Crippen LogP) is 1.93. The van der Waals surface area contributed by atoms with Crippen LogP contribution < -0.4 is 15.4 Å². The van der Waals surface area contributed by atoms with E-state index in [4.69, 9.17) is 9.47 Å². The van der Waals surface area contributed by atoms with Gasteiger partial charge in [0.05, 0.1) is 19.3 Å². The number of nitrogens with zero attached hydrogens (tertiary/aromatic N) is 1. The molecule has 6 heteroatoms. The average molecular weight is 307 g/mol. The Morgan fingerprint density at radius 2 is 1.95 bits per heavy atom. The molecule has 0 radical (unpaired) electrons.